The van der Waals surface area contributed by atoms with Crippen molar-refractivity contribution in [1.82, 2.24) is 20.0 Å². The lowest BCUT2D eigenvalue weighted by atomic mass is 9.86. The molecule has 2 rings (SSSR count). The zero-order chi connectivity index (χ0) is 16.9. The van der Waals surface area contributed by atoms with E-state index >= 15 is 0 Å². The van der Waals surface area contributed by atoms with Crippen LogP contribution in [0.25, 0.3) is 0 Å². The number of piperazine rings is 1. The third-order valence-electron chi connectivity index (χ3n) is 5.17. The van der Waals surface area contributed by atoms with Crippen molar-refractivity contribution < 1.29 is 9.59 Å². The molecular formula is C17H30N4O2. The van der Waals surface area contributed by atoms with Crippen LogP contribution in [0.4, 0.5) is 4.79 Å². The number of nitrogens with zero attached hydrogens (tertiary/aromatic N) is 3. The number of hydrogen-bond acceptors (Lipinski definition) is 3. The summed E-state index contributed by atoms with van der Waals surface area (Å²) in [6.45, 7) is 10.2. The van der Waals surface area contributed by atoms with Crippen LogP contribution in [0.3, 0.4) is 0 Å². The van der Waals surface area contributed by atoms with Crippen molar-refractivity contribution in [2.75, 3.05) is 46.3 Å². The lowest BCUT2D eigenvalue weighted by Crippen LogP contribution is -2.63. The second-order valence-corrected chi connectivity index (χ2v) is 6.68. The summed E-state index contributed by atoms with van der Waals surface area (Å²) in [5.74, 6) is 0.197. The van der Waals surface area contributed by atoms with Crippen LogP contribution in [0, 0.1) is 0 Å². The molecule has 0 unspecified atom stereocenters. The molecule has 2 aliphatic heterocycles. The van der Waals surface area contributed by atoms with Crippen LogP contribution in [0.5, 0.6) is 0 Å². The van der Waals surface area contributed by atoms with Gasteiger partial charge in [0.15, 0.2) is 0 Å². The van der Waals surface area contributed by atoms with Crippen molar-refractivity contribution in [2.45, 2.75) is 38.1 Å². The maximum absolute atomic E-state index is 12.3. The predicted octanol–water partition coefficient (Wildman–Crippen LogP) is 1.29. The van der Waals surface area contributed by atoms with Gasteiger partial charge in [-0.25, -0.2) is 4.79 Å². The fourth-order valence-corrected chi connectivity index (χ4v) is 3.56. The molecule has 0 saturated carbocycles. The number of hydrogen-bond donors (Lipinski definition) is 1. The summed E-state index contributed by atoms with van der Waals surface area (Å²) < 4.78 is 0. The Hall–Kier alpha value is -1.56. The van der Waals surface area contributed by atoms with Gasteiger partial charge in [0.25, 0.3) is 0 Å². The molecule has 2 aliphatic rings. The molecule has 23 heavy (non-hydrogen) atoms. The van der Waals surface area contributed by atoms with Crippen LogP contribution in [-0.2, 0) is 4.79 Å². The Morgan fingerprint density at radius 2 is 2.13 bits per heavy atom. The summed E-state index contributed by atoms with van der Waals surface area (Å²) in [6.07, 6.45) is 4.98. The molecule has 130 valence electrons. The lowest BCUT2D eigenvalue weighted by Gasteiger charge is -2.49. The molecule has 0 aliphatic carbocycles. The zero-order valence-corrected chi connectivity index (χ0v) is 14.5. The Morgan fingerprint density at radius 1 is 1.35 bits per heavy atom. The van der Waals surface area contributed by atoms with Gasteiger partial charge in [-0.15, -0.1) is 6.58 Å². The number of rotatable bonds is 4. The Bertz CT molecular complexity index is 454. The average Bonchev–Trinajstić information content (AvgIpc) is 2.70. The van der Waals surface area contributed by atoms with Gasteiger partial charge in [0.2, 0.25) is 5.91 Å². The summed E-state index contributed by atoms with van der Waals surface area (Å²) in [5, 5.41) is 2.97. The molecule has 0 aromatic rings. The van der Waals surface area contributed by atoms with E-state index in [9.17, 15) is 9.59 Å². The number of likely N-dealkylation sites (tertiary alicyclic amines) is 1. The molecule has 2 heterocycles. The van der Waals surface area contributed by atoms with E-state index in [0.29, 0.717) is 26.1 Å². The number of amides is 3. The molecule has 1 N–H and O–H groups in total. The van der Waals surface area contributed by atoms with E-state index in [0.717, 1.165) is 38.9 Å². The fourth-order valence-electron chi connectivity index (χ4n) is 3.56. The topological polar surface area (TPSA) is 55.9 Å². The highest BCUT2D eigenvalue weighted by Gasteiger charge is 2.43. The Kier molecular flexibility index (Phi) is 6.04. The van der Waals surface area contributed by atoms with Gasteiger partial charge < -0.3 is 15.1 Å². The number of carbonyl (C=O) groups excluding carboxylic acids is 2. The van der Waals surface area contributed by atoms with Gasteiger partial charge in [-0.3, -0.25) is 9.69 Å². The molecule has 3 amide bonds. The monoisotopic (exact) mass is 322 g/mol. The molecular weight excluding hydrogens is 292 g/mol. The SMILES string of the molecule is C=CCN1CC[C@@]2(CCC1=O)CN(C(=O)NCCC)CCN2C. The maximum Gasteiger partial charge on any atom is 0.317 e. The quantitative estimate of drug-likeness (QED) is 0.794. The fraction of sp³-hybridized carbons (Fsp3) is 0.765. The van der Waals surface area contributed by atoms with Crippen LogP contribution in [0.15, 0.2) is 12.7 Å². The summed E-state index contributed by atoms with van der Waals surface area (Å²) in [7, 11) is 2.12. The van der Waals surface area contributed by atoms with Crippen molar-refractivity contribution in [3.63, 3.8) is 0 Å². The second kappa shape index (κ2) is 7.81. The van der Waals surface area contributed by atoms with Gasteiger partial charge in [-0.2, -0.15) is 0 Å². The van der Waals surface area contributed by atoms with Gasteiger partial charge in [0.05, 0.1) is 0 Å². The largest absolute Gasteiger partial charge is 0.339 e. The van der Waals surface area contributed by atoms with E-state index in [1.807, 2.05) is 9.80 Å². The van der Waals surface area contributed by atoms with Crippen molar-refractivity contribution in [3.05, 3.63) is 12.7 Å². The molecule has 2 fully saturated rings. The van der Waals surface area contributed by atoms with Crippen LogP contribution in [0.1, 0.15) is 32.6 Å². The van der Waals surface area contributed by atoms with Crippen molar-refractivity contribution >= 4 is 11.9 Å². The Morgan fingerprint density at radius 3 is 2.83 bits per heavy atom. The Balaban J connectivity index is 2.07. The van der Waals surface area contributed by atoms with E-state index in [1.165, 1.54) is 0 Å². The summed E-state index contributed by atoms with van der Waals surface area (Å²) in [6, 6.07) is 0.0258. The summed E-state index contributed by atoms with van der Waals surface area (Å²) >= 11 is 0. The van der Waals surface area contributed by atoms with Gasteiger partial charge >= 0.3 is 6.03 Å². The van der Waals surface area contributed by atoms with Crippen LogP contribution >= 0.6 is 0 Å². The van der Waals surface area contributed by atoms with Gasteiger partial charge in [-0.05, 0) is 26.3 Å². The third kappa shape index (κ3) is 4.05. The maximum atomic E-state index is 12.3. The van der Waals surface area contributed by atoms with E-state index in [-0.39, 0.29) is 17.5 Å². The Labute approximate surface area is 139 Å². The zero-order valence-electron chi connectivity index (χ0n) is 14.5. The van der Waals surface area contributed by atoms with Crippen LogP contribution in [-0.4, -0.2) is 78.5 Å². The lowest BCUT2D eigenvalue weighted by molar-refractivity contribution is -0.130. The molecule has 0 aromatic carbocycles. The highest BCUT2D eigenvalue weighted by atomic mass is 16.2. The minimum atomic E-state index is -0.0899. The normalized spacial score (nSPS) is 26.3. The van der Waals surface area contributed by atoms with Crippen LogP contribution in [0.2, 0.25) is 0 Å². The van der Waals surface area contributed by atoms with E-state index in [4.69, 9.17) is 0 Å². The average molecular weight is 322 g/mol. The summed E-state index contributed by atoms with van der Waals surface area (Å²) in [5.41, 5.74) is -0.0899. The van der Waals surface area contributed by atoms with Gasteiger partial charge in [0, 0.05) is 51.2 Å². The van der Waals surface area contributed by atoms with Crippen LogP contribution < -0.4 is 5.32 Å². The van der Waals surface area contributed by atoms with Gasteiger partial charge in [0.1, 0.15) is 0 Å². The first-order valence-corrected chi connectivity index (χ1v) is 8.65. The third-order valence-corrected chi connectivity index (χ3v) is 5.17. The molecule has 1 atom stereocenters. The molecule has 6 heteroatoms. The molecule has 1 spiro atoms. The predicted molar refractivity (Wildman–Crippen MR) is 91.3 cm³/mol. The van der Waals surface area contributed by atoms with Crippen molar-refractivity contribution in [3.8, 4) is 0 Å². The van der Waals surface area contributed by atoms with Crippen molar-refractivity contribution in [2.24, 2.45) is 0 Å². The number of nitrogens with one attached hydrogen (secondary N) is 1. The van der Waals surface area contributed by atoms with E-state index < -0.39 is 0 Å². The number of likely N-dealkylation sites (N-methyl/N-ethyl adjacent to an activating group) is 1. The highest BCUT2D eigenvalue weighted by Crippen LogP contribution is 2.32. The van der Waals surface area contributed by atoms with E-state index in [2.05, 4.69) is 30.8 Å². The van der Waals surface area contributed by atoms with Gasteiger partial charge in [-0.1, -0.05) is 13.0 Å². The standard InChI is InChI=1S/C17H30N4O2/c1-4-9-18-16(23)21-13-12-19(3)17(14-21)7-6-15(22)20(10-5-2)11-8-17/h5H,2,4,6-14H2,1,3H3,(H,18,23)/t17-/m0/s1. The molecule has 0 radical (unpaired) electrons. The molecule has 0 bridgehead atoms. The number of urea groups is 1. The first-order chi connectivity index (χ1) is 11.0. The summed E-state index contributed by atoms with van der Waals surface area (Å²) in [4.78, 5) is 30.7. The number of carbonyl (C=O) groups is 2. The second-order valence-electron chi connectivity index (χ2n) is 6.68. The smallest absolute Gasteiger partial charge is 0.317 e. The minimum absolute atomic E-state index is 0.0258. The van der Waals surface area contributed by atoms with Crippen molar-refractivity contribution in [1.29, 1.82) is 0 Å². The molecule has 0 aromatic heterocycles. The molecule has 6 nitrogen and oxygen atoms in total. The van der Waals surface area contributed by atoms with E-state index in [1.54, 1.807) is 6.08 Å². The minimum Gasteiger partial charge on any atom is -0.339 e. The first-order valence-electron chi connectivity index (χ1n) is 8.65. The highest BCUT2D eigenvalue weighted by molar-refractivity contribution is 5.77. The molecule has 2 saturated heterocycles. The first kappa shape index (κ1) is 17.8.